The van der Waals surface area contributed by atoms with Crippen LogP contribution in [0.3, 0.4) is 0 Å². The highest BCUT2D eigenvalue weighted by Crippen LogP contribution is 2.37. The second-order valence-electron chi connectivity index (χ2n) is 5.90. The summed E-state index contributed by atoms with van der Waals surface area (Å²) in [6, 6.07) is 2.22. The van der Waals surface area contributed by atoms with Gasteiger partial charge in [0.25, 0.3) is 0 Å². The van der Waals surface area contributed by atoms with Crippen LogP contribution < -0.4 is 5.32 Å². The molecule has 0 saturated heterocycles. The van der Waals surface area contributed by atoms with Crippen molar-refractivity contribution in [2.75, 3.05) is 5.32 Å². The highest BCUT2D eigenvalue weighted by atomic mass is 32.1. The monoisotopic (exact) mass is 359 g/mol. The number of nitrogens with zero attached hydrogens (tertiary/aromatic N) is 4. The van der Waals surface area contributed by atoms with E-state index in [1.54, 1.807) is 0 Å². The molecule has 0 saturated carbocycles. The van der Waals surface area contributed by atoms with E-state index in [2.05, 4.69) is 16.5 Å². The van der Waals surface area contributed by atoms with E-state index in [1.165, 1.54) is 33.3 Å². The fraction of sp³-hybridized carbons (Fsp3) is 0.438. The van der Waals surface area contributed by atoms with Crippen LogP contribution in [0.4, 0.5) is 10.7 Å². The van der Waals surface area contributed by atoms with Gasteiger partial charge in [-0.05, 0) is 37.7 Å². The first-order valence-corrected chi connectivity index (χ1v) is 8.91. The van der Waals surface area contributed by atoms with Gasteiger partial charge >= 0.3 is 5.69 Å². The summed E-state index contributed by atoms with van der Waals surface area (Å²) in [7, 11) is 0. The molecule has 0 aromatic carbocycles. The third-order valence-electron chi connectivity index (χ3n) is 4.16. The third kappa shape index (κ3) is 3.85. The summed E-state index contributed by atoms with van der Waals surface area (Å²) in [4.78, 5) is 23.5. The maximum absolute atomic E-state index is 12.1. The minimum atomic E-state index is -0.502. The van der Waals surface area contributed by atoms with Crippen molar-refractivity contribution in [1.29, 1.82) is 5.26 Å². The quantitative estimate of drug-likeness (QED) is 0.629. The van der Waals surface area contributed by atoms with Crippen LogP contribution >= 0.6 is 11.3 Å². The number of thiophene rings is 1. The number of nitriles is 1. The van der Waals surface area contributed by atoms with Crippen LogP contribution in [0.2, 0.25) is 0 Å². The molecule has 25 heavy (non-hydrogen) atoms. The predicted octanol–water partition coefficient (Wildman–Crippen LogP) is 3.02. The Hall–Kier alpha value is -2.73. The average molecular weight is 359 g/mol. The summed E-state index contributed by atoms with van der Waals surface area (Å²) in [5, 5.41) is 27.4. The van der Waals surface area contributed by atoms with Crippen LogP contribution in [-0.2, 0) is 24.2 Å². The van der Waals surface area contributed by atoms with Crippen LogP contribution in [-0.4, -0.2) is 20.6 Å². The number of carbonyl (C=O) groups excluding carboxylic acids is 1. The zero-order chi connectivity index (χ0) is 17.8. The fourth-order valence-electron chi connectivity index (χ4n) is 2.93. The lowest BCUT2D eigenvalue weighted by atomic mass is 9.96. The molecule has 1 N–H and O–H groups in total. The summed E-state index contributed by atoms with van der Waals surface area (Å²) in [5.74, 6) is -0.156. The molecule has 0 unspecified atom stereocenters. The summed E-state index contributed by atoms with van der Waals surface area (Å²) >= 11 is 1.50. The lowest BCUT2D eigenvalue weighted by Gasteiger charge is -2.09. The molecule has 0 spiro atoms. The number of hydrogen-bond acceptors (Lipinski definition) is 6. The summed E-state index contributed by atoms with van der Waals surface area (Å²) < 4.78 is 1.45. The van der Waals surface area contributed by atoms with Crippen molar-refractivity contribution in [3.63, 3.8) is 0 Å². The minimum Gasteiger partial charge on any atom is -0.317 e. The second kappa shape index (κ2) is 7.44. The van der Waals surface area contributed by atoms with Crippen LogP contribution in [0, 0.1) is 21.4 Å². The maximum atomic E-state index is 12.1. The van der Waals surface area contributed by atoms with Crippen LogP contribution in [0.5, 0.6) is 0 Å². The lowest BCUT2D eigenvalue weighted by Crippen LogP contribution is -2.12. The molecule has 0 bridgehead atoms. The Kier molecular flexibility index (Phi) is 5.09. The minimum absolute atomic E-state index is 0.0627. The second-order valence-corrected chi connectivity index (χ2v) is 7.00. The van der Waals surface area contributed by atoms with Crippen LogP contribution in [0.15, 0.2) is 12.4 Å². The third-order valence-corrected chi connectivity index (χ3v) is 5.36. The van der Waals surface area contributed by atoms with Crippen molar-refractivity contribution in [2.45, 2.75) is 45.1 Å². The van der Waals surface area contributed by atoms with E-state index in [9.17, 15) is 20.2 Å². The normalized spacial score (nSPS) is 13.1. The summed E-state index contributed by atoms with van der Waals surface area (Å²) in [6.07, 6.45) is 7.40. The fourth-order valence-corrected chi connectivity index (χ4v) is 4.19. The number of fused-ring (bicyclic) bond motifs is 1. The number of aromatic nitrogens is 2. The number of rotatable bonds is 6. The molecule has 0 aliphatic heterocycles. The van der Waals surface area contributed by atoms with Crippen molar-refractivity contribution >= 4 is 27.9 Å². The zero-order valence-corrected chi connectivity index (χ0v) is 14.3. The topological polar surface area (TPSA) is 114 Å². The van der Waals surface area contributed by atoms with E-state index < -0.39 is 4.92 Å². The van der Waals surface area contributed by atoms with Crippen molar-refractivity contribution < 1.29 is 9.72 Å². The van der Waals surface area contributed by atoms with Gasteiger partial charge in [-0.25, -0.2) is 0 Å². The predicted molar refractivity (Wildman–Crippen MR) is 92.4 cm³/mol. The Bertz CT molecular complexity index is 849. The zero-order valence-electron chi connectivity index (χ0n) is 13.5. The van der Waals surface area contributed by atoms with Gasteiger partial charge in [0.05, 0.1) is 10.5 Å². The van der Waals surface area contributed by atoms with Gasteiger partial charge in [0, 0.05) is 17.8 Å². The van der Waals surface area contributed by atoms with Crippen molar-refractivity contribution in [3.8, 4) is 6.07 Å². The Morgan fingerprint density at radius 3 is 3.00 bits per heavy atom. The van der Waals surface area contributed by atoms with Gasteiger partial charge in [-0.2, -0.15) is 10.4 Å². The first-order chi connectivity index (χ1) is 12.1. The lowest BCUT2D eigenvalue weighted by molar-refractivity contribution is -0.385. The first-order valence-electron chi connectivity index (χ1n) is 8.10. The number of nitrogens with one attached hydrogen (secondary N) is 1. The van der Waals surface area contributed by atoms with E-state index in [0.29, 0.717) is 23.5 Å². The standard InChI is InChI=1S/C16H17N5O3S/c17-8-13-12-4-1-2-5-14(12)25-16(13)19-15(22)6-3-7-20-10-11(9-18-20)21(23)24/h9-10H,1-7H2,(H,19,22). The number of amides is 1. The SMILES string of the molecule is N#Cc1c(NC(=O)CCCn2cc([N+](=O)[O-])cn2)sc2c1CCCC2. The highest BCUT2D eigenvalue weighted by molar-refractivity contribution is 7.16. The Labute approximate surface area is 148 Å². The van der Waals surface area contributed by atoms with Crippen molar-refractivity contribution in [1.82, 2.24) is 9.78 Å². The molecule has 3 rings (SSSR count). The molecular weight excluding hydrogens is 342 g/mol. The van der Waals surface area contributed by atoms with Gasteiger partial charge in [-0.1, -0.05) is 0 Å². The number of carbonyl (C=O) groups is 1. The maximum Gasteiger partial charge on any atom is 0.306 e. The molecule has 2 aromatic rings. The van der Waals surface area contributed by atoms with Gasteiger partial charge in [0.1, 0.15) is 23.5 Å². The largest absolute Gasteiger partial charge is 0.317 e. The molecule has 0 fully saturated rings. The number of anilines is 1. The number of aryl methyl sites for hydroxylation is 2. The van der Waals surface area contributed by atoms with Gasteiger partial charge < -0.3 is 5.32 Å². The number of nitro groups is 1. The molecule has 0 atom stereocenters. The van der Waals surface area contributed by atoms with Gasteiger partial charge in [-0.3, -0.25) is 19.6 Å². The Morgan fingerprint density at radius 1 is 1.48 bits per heavy atom. The Morgan fingerprint density at radius 2 is 2.28 bits per heavy atom. The number of hydrogen-bond donors (Lipinski definition) is 1. The molecule has 2 aromatic heterocycles. The summed E-state index contributed by atoms with van der Waals surface area (Å²) in [6.45, 7) is 0.424. The summed E-state index contributed by atoms with van der Waals surface area (Å²) in [5.41, 5.74) is 1.64. The molecule has 2 heterocycles. The molecule has 8 nitrogen and oxygen atoms in total. The van der Waals surface area contributed by atoms with Crippen LogP contribution in [0.1, 0.15) is 41.7 Å². The van der Waals surface area contributed by atoms with Gasteiger partial charge in [0.15, 0.2) is 0 Å². The van der Waals surface area contributed by atoms with Crippen molar-refractivity contribution in [3.05, 3.63) is 38.5 Å². The smallest absolute Gasteiger partial charge is 0.306 e. The Balaban J connectivity index is 1.55. The van der Waals surface area contributed by atoms with Gasteiger partial charge in [0.2, 0.25) is 5.91 Å². The molecular formula is C16H17N5O3S. The molecule has 1 aliphatic carbocycles. The van der Waals surface area contributed by atoms with E-state index in [1.807, 2.05) is 0 Å². The van der Waals surface area contributed by atoms with E-state index in [0.717, 1.165) is 31.2 Å². The average Bonchev–Trinajstić information content (AvgIpc) is 3.18. The first kappa shape index (κ1) is 17.1. The van der Waals surface area contributed by atoms with Gasteiger partial charge in [-0.15, -0.1) is 11.3 Å². The molecule has 1 amide bonds. The molecule has 9 heteroatoms. The van der Waals surface area contributed by atoms with E-state index in [4.69, 9.17) is 0 Å². The van der Waals surface area contributed by atoms with E-state index in [-0.39, 0.29) is 18.0 Å². The molecule has 0 radical (unpaired) electrons. The molecule has 1 aliphatic rings. The molecule has 130 valence electrons. The van der Waals surface area contributed by atoms with E-state index >= 15 is 0 Å². The van der Waals surface area contributed by atoms with Crippen LogP contribution in [0.25, 0.3) is 0 Å². The van der Waals surface area contributed by atoms with Crippen molar-refractivity contribution in [2.24, 2.45) is 0 Å². The highest BCUT2D eigenvalue weighted by Gasteiger charge is 2.21.